The van der Waals surface area contributed by atoms with Gasteiger partial charge in [-0.2, -0.15) is 0 Å². The fourth-order valence-electron chi connectivity index (χ4n) is 2.14. The summed E-state index contributed by atoms with van der Waals surface area (Å²) in [6.45, 7) is 2.90. The molecule has 0 bridgehead atoms. The van der Waals surface area contributed by atoms with Crippen molar-refractivity contribution in [3.05, 3.63) is 34.3 Å². The van der Waals surface area contributed by atoms with Crippen LogP contribution in [-0.4, -0.2) is 37.5 Å². The lowest BCUT2D eigenvalue weighted by Crippen LogP contribution is -2.46. The van der Waals surface area contributed by atoms with Gasteiger partial charge >= 0.3 is 0 Å². The highest BCUT2D eigenvalue weighted by Gasteiger charge is 2.29. The van der Waals surface area contributed by atoms with Crippen molar-refractivity contribution in [2.24, 2.45) is 0 Å². The summed E-state index contributed by atoms with van der Waals surface area (Å²) in [6.07, 6.45) is -2.35. The Morgan fingerprint density at radius 1 is 1.05 bits per heavy atom. The zero-order valence-corrected chi connectivity index (χ0v) is 13.4. The SMILES string of the molecule is Cl.Cl.FC(F)[C@H](c1ccc(Br)cc1)N1CCNCC1. The van der Waals surface area contributed by atoms with E-state index in [0.717, 1.165) is 17.6 Å². The van der Waals surface area contributed by atoms with Crippen molar-refractivity contribution in [3.63, 3.8) is 0 Å². The zero-order chi connectivity index (χ0) is 12.3. The number of hydrogen-bond donors (Lipinski definition) is 1. The van der Waals surface area contributed by atoms with E-state index in [1.807, 2.05) is 17.0 Å². The second-order valence-corrected chi connectivity index (χ2v) is 5.03. The normalized spacial score (nSPS) is 17.5. The number of hydrogen-bond acceptors (Lipinski definition) is 2. The molecule has 1 heterocycles. The molecular weight excluding hydrogens is 361 g/mol. The zero-order valence-electron chi connectivity index (χ0n) is 10.2. The number of piperazine rings is 1. The van der Waals surface area contributed by atoms with Crippen molar-refractivity contribution in [1.29, 1.82) is 0 Å². The third kappa shape index (κ3) is 5.16. The Morgan fingerprint density at radius 3 is 2.05 bits per heavy atom. The maximum Gasteiger partial charge on any atom is 0.258 e. The van der Waals surface area contributed by atoms with Crippen molar-refractivity contribution in [1.82, 2.24) is 10.2 Å². The van der Waals surface area contributed by atoms with Gasteiger partial charge in [-0.3, -0.25) is 4.90 Å². The molecule has 0 aliphatic carbocycles. The molecule has 1 aliphatic rings. The van der Waals surface area contributed by atoms with E-state index in [0.29, 0.717) is 18.7 Å². The van der Waals surface area contributed by atoms with Gasteiger partial charge in [0, 0.05) is 30.7 Å². The largest absolute Gasteiger partial charge is 0.314 e. The van der Waals surface area contributed by atoms with Crippen LogP contribution in [0.25, 0.3) is 0 Å². The summed E-state index contributed by atoms with van der Waals surface area (Å²) >= 11 is 3.32. The van der Waals surface area contributed by atoms with E-state index >= 15 is 0 Å². The summed E-state index contributed by atoms with van der Waals surface area (Å²) < 4.78 is 27.3. The summed E-state index contributed by atoms with van der Waals surface area (Å²) in [5.74, 6) is 0. The molecule has 7 heteroatoms. The van der Waals surface area contributed by atoms with Crippen LogP contribution in [0.15, 0.2) is 28.7 Å². The number of alkyl halides is 2. The van der Waals surface area contributed by atoms with E-state index < -0.39 is 12.5 Å². The average Bonchev–Trinajstić information content (AvgIpc) is 2.33. The fraction of sp³-hybridized carbons (Fsp3) is 0.500. The standard InChI is InChI=1S/C12H15BrF2N2.2ClH/c13-10-3-1-9(2-4-10)11(12(14)15)17-7-5-16-6-8-17;;/h1-4,11-12,16H,5-8H2;2*1H/t11-;;/m0../s1. The lowest BCUT2D eigenvalue weighted by atomic mass is 10.1. The van der Waals surface area contributed by atoms with Crippen molar-refractivity contribution >= 4 is 40.7 Å². The van der Waals surface area contributed by atoms with Gasteiger partial charge in [0.2, 0.25) is 0 Å². The molecular formula is C12H17BrCl2F2N2. The van der Waals surface area contributed by atoms with E-state index in [1.54, 1.807) is 12.1 Å². The summed E-state index contributed by atoms with van der Waals surface area (Å²) in [7, 11) is 0. The van der Waals surface area contributed by atoms with Crippen LogP contribution < -0.4 is 5.32 Å². The molecule has 1 aromatic carbocycles. The monoisotopic (exact) mass is 376 g/mol. The van der Waals surface area contributed by atoms with Gasteiger partial charge in [0.25, 0.3) is 6.43 Å². The molecule has 0 amide bonds. The van der Waals surface area contributed by atoms with Gasteiger partial charge in [-0.25, -0.2) is 8.78 Å². The van der Waals surface area contributed by atoms with Crippen molar-refractivity contribution < 1.29 is 8.78 Å². The predicted octanol–water partition coefficient (Wildman–Crippen LogP) is 3.50. The maximum absolute atomic E-state index is 13.2. The van der Waals surface area contributed by atoms with E-state index in [4.69, 9.17) is 0 Å². The first-order valence-electron chi connectivity index (χ1n) is 5.67. The average molecular weight is 378 g/mol. The summed E-state index contributed by atoms with van der Waals surface area (Å²) in [5, 5.41) is 3.18. The first kappa shape index (κ1) is 19.1. The molecule has 1 aliphatic heterocycles. The molecule has 110 valence electrons. The minimum absolute atomic E-state index is 0. The van der Waals surface area contributed by atoms with Gasteiger partial charge < -0.3 is 5.32 Å². The van der Waals surface area contributed by atoms with Gasteiger partial charge in [0.1, 0.15) is 0 Å². The van der Waals surface area contributed by atoms with Crippen LogP contribution in [-0.2, 0) is 0 Å². The molecule has 0 saturated carbocycles. The molecule has 2 rings (SSSR count). The quantitative estimate of drug-likeness (QED) is 0.867. The van der Waals surface area contributed by atoms with Crippen LogP contribution >= 0.6 is 40.7 Å². The van der Waals surface area contributed by atoms with Crippen molar-refractivity contribution in [2.45, 2.75) is 12.5 Å². The Kier molecular flexibility index (Phi) is 9.11. The molecule has 0 aromatic heterocycles. The number of halogens is 5. The number of rotatable bonds is 3. The lowest BCUT2D eigenvalue weighted by molar-refractivity contribution is 0.0182. The van der Waals surface area contributed by atoms with Crippen molar-refractivity contribution in [3.8, 4) is 0 Å². The third-order valence-electron chi connectivity index (χ3n) is 3.00. The number of nitrogens with one attached hydrogen (secondary N) is 1. The van der Waals surface area contributed by atoms with Crippen LogP contribution in [0, 0.1) is 0 Å². The van der Waals surface area contributed by atoms with Crippen LogP contribution in [0.1, 0.15) is 11.6 Å². The third-order valence-corrected chi connectivity index (χ3v) is 3.52. The molecule has 1 fully saturated rings. The van der Waals surface area contributed by atoms with Gasteiger partial charge in [0.15, 0.2) is 0 Å². The van der Waals surface area contributed by atoms with Gasteiger partial charge in [0.05, 0.1) is 6.04 Å². The second kappa shape index (κ2) is 9.08. The predicted molar refractivity (Wildman–Crippen MR) is 81.8 cm³/mol. The van der Waals surface area contributed by atoms with E-state index in [1.165, 1.54) is 0 Å². The Bertz CT molecular complexity index is 359. The summed E-state index contributed by atoms with van der Waals surface area (Å²) in [5.41, 5.74) is 0.685. The van der Waals surface area contributed by atoms with Crippen LogP contribution in [0.4, 0.5) is 8.78 Å². The van der Waals surface area contributed by atoms with Crippen molar-refractivity contribution in [2.75, 3.05) is 26.2 Å². The Labute approximate surface area is 132 Å². The molecule has 0 radical (unpaired) electrons. The molecule has 0 spiro atoms. The van der Waals surface area contributed by atoms with E-state index in [2.05, 4.69) is 21.2 Å². The lowest BCUT2D eigenvalue weighted by Gasteiger charge is -2.34. The summed E-state index contributed by atoms with van der Waals surface area (Å²) in [4.78, 5) is 1.85. The van der Waals surface area contributed by atoms with Gasteiger partial charge in [-0.15, -0.1) is 24.8 Å². The number of benzene rings is 1. The topological polar surface area (TPSA) is 15.3 Å². The molecule has 2 nitrogen and oxygen atoms in total. The minimum atomic E-state index is -2.35. The first-order chi connectivity index (χ1) is 8.18. The summed E-state index contributed by atoms with van der Waals surface area (Å²) in [6, 6.07) is 6.37. The van der Waals surface area contributed by atoms with Crippen LogP contribution in [0.5, 0.6) is 0 Å². The number of nitrogens with zero attached hydrogens (tertiary/aromatic N) is 1. The van der Waals surface area contributed by atoms with E-state index in [9.17, 15) is 8.78 Å². The highest BCUT2D eigenvalue weighted by atomic mass is 79.9. The van der Waals surface area contributed by atoms with Crippen LogP contribution in [0.2, 0.25) is 0 Å². The molecule has 19 heavy (non-hydrogen) atoms. The molecule has 1 N–H and O–H groups in total. The van der Waals surface area contributed by atoms with Gasteiger partial charge in [-0.05, 0) is 17.7 Å². The second-order valence-electron chi connectivity index (χ2n) is 4.12. The Hall–Kier alpha value is 0.0600. The van der Waals surface area contributed by atoms with Crippen LogP contribution in [0.3, 0.4) is 0 Å². The maximum atomic E-state index is 13.2. The molecule has 0 unspecified atom stereocenters. The molecule has 1 aromatic rings. The Morgan fingerprint density at radius 2 is 1.58 bits per heavy atom. The minimum Gasteiger partial charge on any atom is -0.314 e. The molecule has 1 saturated heterocycles. The first-order valence-corrected chi connectivity index (χ1v) is 6.46. The van der Waals surface area contributed by atoms with Gasteiger partial charge in [-0.1, -0.05) is 28.1 Å². The Balaban J connectivity index is 0.00000162. The van der Waals surface area contributed by atoms with E-state index in [-0.39, 0.29) is 24.8 Å². The smallest absolute Gasteiger partial charge is 0.258 e. The fourth-order valence-corrected chi connectivity index (χ4v) is 2.40. The highest BCUT2D eigenvalue weighted by molar-refractivity contribution is 9.10. The highest BCUT2D eigenvalue weighted by Crippen LogP contribution is 2.28. The molecule has 1 atom stereocenters.